The third kappa shape index (κ3) is 4.68. The van der Waals surface area contributed by atoms with E-state index in [1.54, 1.807) is 12.1 Å². The molecule has 0 spiro atoms. The van der Waals surface area contributed by atoms with E-state index < -0.39 is 0 Å². The molecule has 2 aromatic rings. The fourth-order valence-electron chi connectivity index (χ4n) is 2.57. The van der Waals surface area contributed by atoms with E-state index in [9.17, 15) is 9.50 Å². The maximum absolute atomic E-state index is 13.2. The van der Waals surface area contributed by atoms with E-state index >= 15 is 0 Å². The van der Waals surface area contributed by atoms with Crippen LogP contribution >= 0.6 is 0 Å². The van der Waals surface area contributed by atoms with Crippen LogP contribution in [0.5, 0.6) is 0 Å². The number of halogens is 1. The number of benzene rings is 2. The lowest BCUT2D eigenvalue weighted by Gasteiger charge is -2.15. The topological polar surface area (TPSA) is 20.2 Å². The molecule has 0 radical (unpaired) electrons. The molecule has 2 aromatic carbocycles. The van der Waals surface area contributed by atoms with Crippen LogP contribution < -0.4 is 0 Å². The van der Waals surface area contributed by atoms with Gasteiger partial charge in [-0.05, 0) is 53.5 Å². The maximum atomic E-state index is 13.2. The van der Waals surface area contributed by atoms with Gasteiger partial charge in [0.25, 0.3) is 0 Å². The Morgan fingerprint density at radius 3 is 2.19 bits per heavy atom. The summed E-state index contributed by atoms with van der Waals surface area (Å²) in [5, 5.41) is 9.57. The molecule has 0 aliphatic heterocycles. The molecule has 0 aliphatic carbocycles. The first kappa shape index (κ1) is 15.7. The second-order valence-corrected chi connectivity index (χ2v) is 5.98. The molecule has 112 valence electrons. The monoisotopic (exact) mass is 286 g/mol. The number of hydrogen-bond acceptors (Lipinski definition) is 1. The summed E-state index contributed by atoms with van der Waals surface area (Å²) < 4.78 is 13.2. The summed E-state index contributed by atoms with van der Waals surface area (Å²) in [6.07, 6.45) is 1.51. The largest absolute Gasteiger partial charge is 0.396 e. The molecule has 0 saturated carbocycles. The average Bonchev–Trinajstić information content (AvgIpc) is 2.47. The van der Waals surface area contributed by atoms with Gasteiger partial charge in [-0.3, -0.25) is 0 Å². The molecule has 0 aliphatic rings. The van der Waals surface area contributed by atoms with E-state index in [1.807, 2.05) is 6.07 Å². The van der Waals surface area contributed by atoms with Crippen molar-refractivity contribution in [3.05, 3.63) is 71.0 Å². The minimum Gasteiger partial charge on any atom is -0.396 e. The van der Waals surface area contributed by atoms with Gasteiger partial charge in [0, 0.05) is 6.61 Å². The molecule has 21 heavy (non-hydrogen) atoms. The van der Waals surface area contributed by atoms with Crippen molar-refractivity contribution in [2.75, 3.05) is 6.61 Å². The molecule has 2 heteroatoms. The zero-order valence-corrected chi connectivity index (χ0v) is 12.7. The summed E-state index contributed by atoms with van der Waals surface area (Å²) >= 11 is 0. The number of aliphatic hydroxyl groups excluding tert-OH is 1. The van der Waals surface area contributed by atoms with Gasteiger partial charge in [0.05, 0.1) is 0 Å². The van der Waals surface area contributed by atoms with Gasteiger partial charge >= 0.3 is 0 Å². The first-order valence-electron chi connectivity index (χ1n) is 7.52. The third-order valence-electron chi connectivity index (χ3n) is 3.84. The van der Waals surface area contributed by atoms with Gasteiger partial charge in [-0.25, -0.2) is 4.39 Å². The third-order valence-corrected chi connectivity index (χ3v) is 3.84. The predicted molar refractivity (Wildman–Crippen MR) is 84.9 cm³/mol. The molecular weight excluding hydrogens is 263 g/mol. The van der Waals surface area contributed by atoms with E-state index in [0.29, 0.717) is 12.3 Å². The lowest BCUT2D eigenvalue weighted by atomic mass is 9.92. The van der Waals surface area contributed by atoms with Crippen LogP contribution in [0.1, 0.15) is 36.5 Å². The van der Waals surface area contributed by atoms with Gasteiger partial charge in [0.1, 0.15) is 5.82 Å². The first-order valence-corrected chi connectivity index (χ1v) is 7.52. The Labute approximate surface area is 126 Å². The van der Waals surface area contributed by atoms with Crippen LogP contribution in [-0.2, 0) is 12.8 Å². The summed E-state index contributed by atoms with van der Waals surface area (Å²) in [5.74, 6) is 0.433. The van der Waals surface area contributed by atoms with E-state index in [0.717, 1.165) is 12.0 Å². The highest BCUT2D eigenvalue weighted by Crippen LogP contribution is 2.19. The zero-order valence-electron chi connectivity index (χ0n) is 12.7. The van der Waals surface area contributed by atoms with Crippen molar-refractivity contribution < 1.29 is 9.50 Å². The van der Waals surface area contributed by atoms with E-state index in [4.69, 9.17) is 0 Å². The van der Waals surface area contributed by atoms with Crippen LogP contribution in [-0.4, -0.2) is 11.7 Å². The van der Waals surface area contributed by atoms with Gasteiger partial charge in [-0.15, -0.1) is 0 Å². The average molecular weight is 286 g/mol. The highest BCUT2D eigenvalue weighted by molar-refractivity contribution is 5.25. The van der Waals surface area contributed by atoms with Gasteiger partial charge in [-0.2, -0.15) is 0 Å². The normalized spacial score (nSPS) is 12.6. The summed E-state index contributed by atoms with van der Waals surface area (Å²) in [7, 11) is 0. The van der Waals surface area contributed by atoms with Gasteiger partial charge < -0.3 is 5.11 Å². The molecule has 0 fully saturated rings. The summed E-state index contributed by atoms with van der Waals surface area (Å²) in [6, 6.07) is 15.2. The highest BCUT2D eigenvalue weighted by Gasteiger charge is 2.11. The molecule has 1 nitrogen and oxygen atoms in total. The molecule has 0 heterocycles. The van der Waals surface area contributed by atoms with Crippen molar-refractivity contribution in [3.8, 4) is 0 Å². The Bertz CT molecular complexity index is 560. The molecule has 2 rings (SSSR count). The second-order valence-electron chi connectivity index (χ2n) is 5.98. The van der Waals surface area contributed by atoms with Gasteiger partial charge in [0.15, 0.2) is 0 Å². The molecule has 0 bridgehead atoms. The number of aliphatic hydroxyl groups is 1. The van der Waals surface area contributed by atoms with Crippen LogP contribution in [0.15, 0.2) is 48.5 Å². The molecule has 0 aromatic heterocycles. The Morgan fingerprint density at radius 2 is 1.62 bits per heavy atom. The molecule has 1 N–H and O–H groups in total. The van der Waals surface area contributed by atoms with Crippen LogP contribution in [0, 0.1) is 11.7 Å². The summed E-state index contributed by atoms with van der Waals surface area (Å²) in [6.45, 7) is 4.47. The molecular formula is C19H23FO. The van der Waals surface area contributed by atoms with Crippen LogP contribution in [0.2, 0.25) is 0 Å². The minimum atomic E-state index is -0.217. The van der Waals surface area contributed by atoms with E-state index in [-0.39, 0.29) is 18.3 Å². The fourth-order valence-corrected chi connectivity index (χ4v) is 2.57. The zero-order chi connectivity index (χ0) is 15.2. The van der Waals surface area contributed by atoms with Crippen molar-refractivity contribution in [1.29, 1.82) is 0 Å². The van der Waals surface area contributed by atoms with Crippen LogP contribution in [0.4, 0.5) is 4.39 Å². The molecule has 0 saturated heterocycles. The van der Waals surface area contributed by atoms with Crippen molar-refractivity contribution in [2.45, 2.75) is 32.6 Å². The number of hydrogen-bond donors (Lipinski definition) is 1. The Kier molecular flexibility index (Phi) is 5.51. The Hall–Kier alpha value is -1.67. The summed E-state index contributed by atoms with van der Waals surface area (Å²) in [5.41, 5.74) is 3.48. The quantitative estimate of drug-likeness (QED) is 0.837. The Morgan fingerprint density at radius 1 is 0.952 bits per heavy atom. The second kappa shape index (κ2) is 7.37. The minimum absolute atomic E-state index is 0.114. The SMILES string of the molecule is CC(C)c1ccc(CC(CO)Cc2cccc(F)c2)cc1. The van der Waals surface area contributed by atoms with Gasteiger partial charge in [0.2, 0.25) is 0 Å². The molecule has 1 atom stereocenters. The van der Waals surface area contributed by atoms with Crippen LogP contribution in [0.3, 0.4) is 0 Å². The molecule has 1 unspecified atom stereocenters. The number of rotatable bonds is 6. The first-order chi connectivity index (χ1) is 10.1. The summed E-state index contributed by atoms with van der Waals surface area (Å²) in [4.78, 5) is 0. The van der Waals surface area contributed by atoms with Crippen molar-refractivity contribution >= 4 is 0 Å². The predicted octanol–water partition coefficient (Wildman–Crippen LogP) is 4.34. The van der Waals surface area contributed by atoms with Crippen molar-refractivity contribution in [3.63, 3.8) is 0 Å². The lowest BCUT2D eigenvalue weighted by Crippen LogP contribution is -2.13. The van der Waals surface area contributed by atoms with Crippen LogP contribution in [0.25, 0.3) is 0 Å². The Balaban J connectivity index is 2.01. The smallest absolute Gasteiger partial charge is 0.123 e. The van der Waals surface area contributed by atoms with Crippen molar-refractivity contribution in [2.24, 2.45) is 5.92 Å². The standard InChI is InChI=1S/C19H23FO/c1-14(2)18-8-6-15(7-9-18)10-17(13-21)11-16-4-3-5-19(20)12-16/h3-9,12,14,17,21H,10-11,13H2,1-2H3. The van der Waals surface area contributed by atoms with Gasteiger partial charge in [-0.1, -0.05) is 50.2 Å². The maximum Gasteiger partial charge on any atom is 0.123 e. The van der Waals surface area contributed by atoms with E-state index in [2.05, 4.69) is 38.1 Å². The fraction of sp³-hybridized carbons (Fsp3) is 0.368. The van der Waals surface area contributed by atoms with E-state index in [1.165, 1.54) is 17.2 Å². The lowest BCUT2D eigenvalue weighted by molar-refractivity contribution is 0.225. The highest BCUT2D eigenvalue weighted by atomic mass is 19.1. The van der Waals surface area contributed by atoms with Crippen molar-refractivity contribution in [1.82, 2.24) is 0 Å². The molecule has 0 amide bonds.